The topological polar surface area (TPSA) is 95.3 Å². The van der Waals surface area contributed by atoms with Crippen LogP contribution >= 0.6 is 11.8 Å². The normalized spacial score (nSPS) is 15.4. The lowest BCUT2D eigenvalue weighted by Crippen LogP contribution is -2.17. The van der Waals surface area contributed by atoms with E-state index >= 15 is 0 Å². The maximum atomic E-state index is 11.7. The van der Waals surface area contributed by atoms with Gasteiger partial charge in [0.25, 0.3) is 11.1 Å². The molecule has 2 aromatic heterocycles. The number of nitrogens with zero attached hydrogens (tertiary/aromatic N) is 3. The average Bonchev–Trinajstić information content (AvgIpc) is 3.23. The minimum atomic E-state index is -0.419. The molecule has 1 N–H and O–H groups in total. The van der Waals surface area contributed by atoms with E-state index in [1.165, 1.54) is 0 Å². The Hall–Kier alpha value is -3.33. The Morgan fingerprint density at radius 2 is 1.85 bits per heavy atom. The van der Waals surface area contributed by atoms with Gasteiger partial charge in [0.05, 0.1) is 30.5 Å². The van der Waals surface area contributed by atoms with Crippen molar-refractivity contribution >= 4 is 40.1 Å². The van der Waals surface area contributed by atoms with Crippen molar-refractivity contribution in [3.05, 3.63) is 47.3 Å². The zero-order valence-electron chi connectivity index (χ0n) is 14.4. The summed E-state index contributed by atoms with van der Waals surface area (Å²) in [7, 11) is 3.16. The fourth-order valence-electron chi connectivity index (χ4n) is 2.66. The van der Waals surface area contributed by atoms with Gasteiger partial charge in [0.15, 0.2) is 5.65 Å². The van der Waals surface area contributed by atoms with Crippen LogP contribution in [0.25, 0.3) is 22.9 Å². The van der Waals surface area contributed by atoms with Crippen LogP contribution in [0, 0.1) is 0 Å². The number of hydrogen-bond acceptors (Lipinski definition) is 7. The predicted octanol–water partition coefficient (Wildman–Crippen LogP) is 2.76. The molecule has 8 nitrogen and oxygen atoms in total. The summed E-state index contributed by atoms with van der Waals surface area (Å²) in [4.78, 5) is 32.3. The van der Waals surface area contributed by atoms with E-state index < -0.39 is 5.91 Å². The number of nitrogens with one attached hydrogen (secondary N) is 1. The number of thioether (sulfide) groups is 1. The van der Waals surface area contributed by atoms with Crippen molar-refractivity contribution in [3.63, 3.8) is 0 Å². The number of imide groups is 1. The fraction of sp³-hybridized carbons (Fsp3) is 0.111. The second-order valence-corrected chi connectivity index (χ2v) is 6.63. The Morgan fingerprint density at radius 1 is 1.11 bits per heavy atom. The molecule has 3 aromatic rings. The van der Waals surface area contributed by atoms with Crippen LogP contribution in [0.3, 0.4) is 0 Å². The molecule has 1 saturated heterocycles. The van der Waals surface area contributed by atoms with Gasteiger partial charge in [0.1, 0.15) is 23.3 Å². The summed E-state index contributed by atoms with van der Waals surface area (Å²) in [5.74, 6) is 0.863. The van der Waals surface area contributed by atoms with Gasteiger partial charge in [0, 0.05) is 18.2 Å². The van der Waals surface area contributed by atoms with Gasteiger partial charge in [-0.1, -0.05) is 0 Å². The number of fused-ring (bicyclic) bond motifs is 1. The van der Waals surface area contributed by atoms with E-state index in [9.17, 15) is 9.59 Å². The molecule has 0 spiro atoms. The zero-order chi connectivity index (χ0) is 19.0. The van der Waals surface area contributed by atoms with Crippen molar-refractivity contribution in [2.75, 3.05) is 14.2 Å². The van der Waals surface area contributed by atoms with E-state index in [1.54, 1.807) is 43.3 Å². The summed E-state index contributed by atoms with van der Waals surface area (Å²) < 4.78 is 12.4. The Kier molecular flexibility index (Phi) is 4.28. The van der Waals surface area contributed by atoms with Gasteiger partial charge in [-0.3, -0.25) is 19.5 Å². The summed E-state index contributed by atoms with van der Waals surface area (Å²) in [5.41, 5.74) is 2.62. The molecule has 1 aliphatic rings. The second kappa shape index (κ2) is 6.76. The van der Waals surface area contributed by atoms with Crippen LogP contribution in [0.5, 0.6) is 11.5 Å². The van der Waals surface area contributed by atoms with E-state index in [-0.39, 0.29) is 5.24 Å². The van der Waals surface area contributed by atoms with Gasteiger partial charge in [-0.25, -0.2) is 9.97 Å². The van der Waals surface area contributed by atoms with E-state index in [2.05, 4.69) is 15.3 Å². The number of rotatable bonds is 4. The number of carbonyl (C=O) groups is 2. The lowest BCUT2D eigenvalue weighted by atomic mass is 10.2. The van der Waals surface area contributed by atoms with Crippen LogP contribution in [-0.4, -0.2) is 39.9 Å². The van der Waals surface area contributed by atoms with Crippen LogP contribution in [0.4, 0.5) is 4.79 Å². The number of ether oxygens (including phenoxy) is 2. The van der Waals surface area contributed by atoms with Crippen molar-refractivity contribution in [1.82, 2.24) is 19.9 Å². The molecule has 0 radical (unpaired) electrons. The summed E-state index contributed by atoms with van der Waals surface area (Å²) in [5, 5.41) is 1.84. The van der Waals surface area contributed by atoms with E-state index in [1.807, 2.05) is 18.2 Å². The number of amides is 2. The maximum absolute atomic E-state index is 11.7. The molecule has 0 unspecified atom stereocenters. The minimum absolute atomic E-state index is 0.306. The fourth-order valence-corrected chi connectivity index (χ4v) is 3.33. The monoisotopic (exact) mass is 382 g/mol. The highest BCUT2D eigenvalue weighted by atomic mass is 32.2. The first-order valence-electron chi connectivity index (χ1n) is 7.90. The van der Waals surface area contributed by atoms with Gasteiger partial charge in [-0.05, 0) is 30.0 Å². The summed E-state index contributed by atoms with van der Waals surface area (Å²) >= 11 is 0.852. The van der Waals surface area contributed by atoms with E-state index in [4.69, 9.17) is 9.47 Å². The Morgan fingerprint density at radius 3 is 2.48 bits per heavy atom. The quantitative estimate of drug-likeness (QED) is 0.693. The van der Waals surface area contributed by atoms with Crippen molar-refractivity contribution in [1.29, 1.82) is 0 Å². The largest absolute Gasteiger partial charge is 0.497 e. The van der Waals surface area contributed by atoms with Crippen molar-refractivity contribution in [2.24, 2.45) is 0 Å². The molecule has 27 heavy (non-hydrogen) atoms. The lowest BCUT2D eigenvalue weighted by molar-refractivity contribution is -0.115. The molecule has 0 bridgehead atoms. The Labute approximate surface area is 158 Å². The molecule has 0 aliphatic carbocycles. The molecule has 1 aromatic carbocycles. The number of carbonyl (C=O) groups excluding carboxylic acids is 2. The van der Waals surface area contributed by atoms with Gasteiger partial charge in [0.2, 0.25) is 0 Å². The first kappa shape index (κ1) is 17.1. The van der Waals surface area contributed by atoms with E-state index in [0.717, 1.165) is 17.4 Å². The second-order valence-electron chi connectivity index (χ2n) is 5.62. The molecule has 1 aliphatic heterocycles. The molecular formula is C18H14N4O4S. The van der Waals surface area contributed by atoms with Gasteiger partial charge < -0.3 is 9.47 Å². The van der Waals surface area contributed by atoms with Crippen LogP contribution in [0.15, 0.2) is 41.6 Å². The lowest BCUT2D eigenvalue weighted by Gasteiger charge is -2.09. The van der Waals surface area contributed by atoms with Crippen LogP contribution in [-0.2, 0) is 4.79 Å². The third-order valence-electron chi connectivity index (χ3n) is 3.95. The average molecular weight is 382 g/mol. The number of pyridine rings is 1. The number of benzene rings is 1. The molecule has 4 rings (SSSR count). The van der Waals surface area contributed by atoms with Gasteiger partial charge in [-0.15, -0.1) is 0 Å². The van der Waals surface area contributed by atoms with E-state index in [0.29, 0.717) is 33.3 Å². The zero-order valence-corrected chi connectivity index (χ0v) is 15.2. The molecule has 2 amide bonds. The molecule has 9 heteroatoms. The third-order valence-corrected chi connectivity index (χ3v) is 4.76. The minimum Gasteiger partial charge on any atom is -0.497 e. The van der Waals surface area contributed by atoms with Crippen LogP contribution in [0.2, 0.25) is 0 Å². The highest BCUT2D eigenvalue weighted by Gasteiger charge is 2.25. The summed E-state index contributed by atoms with van der Waals surface area (Å²) in [6.07, 6.45) is 3.23. The first-order chi connectivity index (χ1) is 13.1. The van der Waals surface area contributed by atoms with Gasteiger partial charge in [-0.2, -0.15) is 0 Å². The molecular weight excluding hydrogens is 368 g/mol. The third kappa shape index (κ3) is 3.24. The van der Waals surface area contributed by atoms with Crippen molar-refractivity contribution in [3.8, 4) is 17.2 Å². The summed E-state index contributed by atoms with van der Waals surface area (Å²) in [6.45, 7) is 0. The first-order valence-corrected chi connectivity index (χ1v) is 8.71. The predicted molar refractivity (Wildman–Crippen MR) is 101 cm³/mol. The van der Waals surface area contributed by atoms with Crippen molar-refractivity contribution in [2.45, 2.75) is 0 Å². The maximum Gasteiger partial charge on any atom is 0.290 e. The number of aromatic nitrogens is 3. The Bertz CT molecular complexity index is 1080. The Balaban J connectivity index is 1.81. The smallest absolute Gasteiger partial charge is 0.290 e. The molecule has 0 atom stereocenters. The number of hydrogen-bond donors (Lipinski definition) is 1. The molecule has 3 heterocycles. The SMILES string of the molecule is COc1cc(OC)cc(-n2cnc3ccc(/C=C4/SC(=O)NC4=O)nc32)c1. The van der Waals surface area contributed by atoms with Crippen LogP contribution in [0.1, 0.15) is 5.69 Å². The van der Waals surface area contributed by atoms with Crippen LogP contribution < -0.4 is 14.8 Å². The highest BCUT2D eigenvalue weighted by molar-refractivity contribution is 8.18. The standard InChI is InChI=1S/C18H14N4O4S/c1-25-12-6-11(7-13(8-12)26-2)22-9-19-14-4-3-10(20-16(14)22)5-15-17(23)21-18(24)27-15/h3-9H,1-2H3,(H,21,23,24)/b15-5+. The molecule has 136 valence electrons. The number of methoxy groups -OCH3 is 2. The number of imidazole rings is 1. The summed E-state index contributed by atoms with van der Waals surface area (Å²) in [6, 6.07) is 9.01. The van der Waals surface area contributed by atoms with Crippen molar-refractivity contribution < 1.29 is 19.1 Å². The molecule has 1 fully saturated rings. The van der Waals surface area contributed by atoms with Gasteiger partial charge >= 0.3 is 0 Å². The molecule has 0 saturated carbocycles. The highest BCUT2D eigenvalue weighted by Crippen LogP contribution is 2.28.